The number of fused-ring (bicyclic) bond motifs is 5. The molecule has 2 unspecified atom stereocenters. The van der Waals surface area contributed by atoms with Gasteiger partial charge in [0.25, 0.3) is 0 Å². The van der Waals surface area contributed by atoms with Crippen LogP contribution in [0, 0.1) is 39.4 Å². The Morgan fingerprint density at radius 1 is 1.14 bits per heavy atom. The molecule has 0 bridgehead atoms. The fourth-order valence-electron chi connectivity index (χ4n) is 7.75. The number of nitrogens with two attached hydrogens (primary N) is 1. The minimum absolute atomic E-state index is 0.0123. The van der Waals surface area contributed by atoms with Gasteiger partial charge < -0.3 is 11.1 Å². The van der Waals surface area contributed by atoms with Crippen molar-refractivity contribution < 1.29 is 9.59 Å². The summed E-state index contributed by atoms with van der Waals surface area (Å²) in [5, 5.41) is 6.73. The highest BCUT2D eigenvalue weighted by Gasteiger charge is 2.62. The predicted molar refractivity (Wildman–Crippen MR) is 107 cm³/mol. The topological polar surface area (TPSA) is 102 Å². The maximum atomic E-state index is 12.6. The van der Waals surface area contributed by atoms with Crippen LogP contribution < -0.4 is 11.1 Å². The van der Waals surface area contributed by atoms with Gasteiger partial charge in [-0.25, -0.2) is 0 Å². The molecule has 0 heterocycles. The highest BCUT2D eigenvalue weighted by molar-refractivity contribution is 5.87. The van der Waals surface area contributed by atoms with E-state index in [1.807, 2.05) is 0 Å². The Morgan fingerprint density at radius 3 is 2.64 bits per heavy atom. The summed E-state index contributed by atoms with van der Waals surface area (Å²) in [6.45, 7) is 4.90. The fourth-order valence-corrected chi connectivity index (χ4v) is 7.75. The second kappa shape index (κ2) is 7.19. The number of rotatable bonds is 4. The molecule has 156 valence electrons. The summed E-state index contributed by atoms with van der Waals surface area (Å²) in [6, 6.07) is -0.0710. The molecule has 4 aliphatic rings. The maximum absolute atomic E-state index is 12.6. The third-order valence-electron chi connectivity index (χ3n) is 9.26. The first-order valence-corrected chi connectivity index (χ1v) is 11.2. The molecule has 8 atom stereocenters. The summed E-state index contributed by atoms with van der Waals surface area (Å²) in [7, 11) is 0. The Balaban J connectivity index is 1.56. The molecule has 0 aliphatic heterocycles. The lowest BCUT2D eigenvalue weighted by Crippen LogP contribution is -2.59. The minimum atomic E-state index is -0.196. The van der Waals surface area contributed by atoms with Crippen LogP contribution in [0.5, 0.6) is 0 Å². The van der Waals surface area contributed by atoms with E-state index in [1.165, 1.54) is 0 Å². The molecule has 0 aromatic carbocycles. The number of nitrogens with one attached hydrogen (secondary N) is 1. The van der Waals surface area contributed by atoms with E-state index in [9.17, 15) is 14.5 Å². The third-order valence-corrected chi connectivity index (χ3v) is 9.26. The zero-order valence-electron chi connectivity index (χ0n) is 17.3. The summed E-state index contributed by atoms with van der Waals surface area (Å²) >= 11 is 0. The third kappa shape index (κ3) is 2.94. The number of nitroso groups, excluding NO2 is 1. The van der Waals surface area contributed by atoms with E-state index in [1.54, 1.807) is 0 Å². The number of hydrogen-bond donors (Lipinski definition) is 2. The number of amides is 1. The van der Waals surface area contributed by atoms with E-state index >= 15 is 0 Å². The highest BCUT2D eigenvalue weighted by Crippen LogP contribution is 2.65. The van der Waals surface area contributed by atoms with Gasteiger partial charge >= 0.3 is 0 Å². The Kier molecular flexibility index (Phi) is 5.13. The van der Waals surface area contributed by atoms with E-state index in [0.717, 1.165) is 44.9 Å². The molecule has 4 rings (SSSR count). The molecule has 4 aliphatic carbocycles. The lowest BCUT2D eigenvalue weighted by Gasteiger charge is -2.61. The van der Waals surface area contributed by atoms with Crippen LogP contribution in [0.25, 0.3) is 0 Å². The first-order valence-electron chi connectivity index (χ1n) is 11.2. The molecule has 0 aromatic rings. The van der Waals surface area contributed by atoms with Crippen LogP contribution in [0.4, 0.5) is 0 Å². The SMILES string of the molecule is C[C@]12CC[C@H](NC(=O)CCN)CC1C(N=O)C[C@@H]1[C@@H]2CC[C@]2(C)C(=O)CC[C@@H]12. The monoisotopic (exact) mass is 389 g/mol. The lowest BCUT2D eigenvalue weighted by molar-refractivity contribution is -0.141. The molecule has 3 N–H and O–H groups in total. The van der Waals surface area contributed by atoms with Gasteiger partial charge in [-0.2, -0.15) is 4.91 Å². The number of carbonyl (C=O) groups excluding carboxylic acids is 2. The zero-order chi connectivity index (χ0) is 20.1. The van der Waals surface area contributed by atoms with Crippen LogP contribution in [0.15, 0.2) is 5.18 Å². The molecule has 4 fully saturated rings. The van der Waals surface area contributed by atoms with Crippen LogP contribution in [0.3, 0.4) is 0 Å². The van der Waals surface area contributed by atoms with E-state index in [4.69, 9.17) is 5.73 Å². The van der Waals surface area contributed by atoms with Crippen molar-refractivity contribution in [3.8, 4) is 0 Å². The van der Waals surface area contributed by atoms with Crippen molar-refractivity contribution in [3.05, 3.63) is 4.91 Å². The normalized spacial score (nSPS) is 47.6. The molecular weight excluding hydrogens is 354 g/mol. The average Bonchev–Trinajstić information content (AvgIpc) is 2.97. The number of ketones is 1. The molecule has 6 nitrogen and oxygen atoms in total. The van der Waals surface area contributed by atoms with Gasteiger partial charge in [-0.15, -0.1) is 0 Å². The smallest absolute Gasteiger partial charge is 0.221 e. The summed E-state index contributed by atoms with van der Waals surface area (Å²) in [5.74, 6) is 2.11. The van der Waals surface area contributed by atoms with Crippen LogP contribution in [-0.4, -0.2) is 30.3 Å². The molecule has 0 radical (unpaired) electrons. The van der Waals surface area contributed by atoms with Crippen molar-refractivity contribution in [1.82, 2.24) is 5.32 Å². The van der Waals surface area contributed by atoms with Crippen molar-refractivity contribution in [3.63, 3.8) is 0 Å². The van der Waals surface area contributed by atoms with Gasteiger partial charge in [-0.1, -0.05) is 19.0 Å². The van der Waals surface area contributed by atoms with Crippen LogP contribution in [0.1, 0.15) is 71.6 Å². The van der Waals surface area contributed by atoms with Crippen molar-refractivity contribution in [2.75, 3.05) is 6.54 Å². The summed E-state index contributed by atoms with van der Waals surface area (Å²) < 4.78 is 0. The van der Waals surface area contributed by atoms with Gasteiger partial charge in [0, 0.05) is 30.8 Å². The van der Waals surface area contributed by atoms with Gasteiger partial charge in [-0.05, 0) is 74.0 Å². The van der Waals surface area contributed by atoms with Gasteiger partial charge in [0.2, 0.25) is 5.91 Å². The minimum Gasteiger partial charge on any atom is -0.353 e. The van der Waals surface area contributed by atoms with Crippen molar-refractivity contribution in [2.24, 2.45) is 45.4 Å². The molecular formula is C22H35N3O3. The first kappa shape index (κ1) is 20.0. The zero-order valence-corrected chi connectivity index (χ0v) is 17.3. The van der Waals surface area contributed by atoms with Crippen molar-refractivity contribution in [1.29, 1.82) is 0 Å². The Hall–Kier alpha value is -1.30. The standard InChI is InChI=1S/C22H35N3O3/c1-21-8-5-13(24-20(27)7-10-23)11-17(21)18(25-28)12-14-15-3-4-19(26)22(15,2)9-6-16(14)21/h13-18H,3-12,23H2,1-2H3,(H,24,27)/t13-,14-,15-,16-,17?,18?,21+,22-/m0/s1. The number of Topliss-reactive ketones (excluding diaryl/α,β-unsaturated/α-hetero) is 1. The number of nitrogens with zero attached hydrogens (tertiary/aromatic N) is 1. The van der Waals surface area contributed by atoms with Gasteiger partial charge in [0.05, 0.1) is 6.04 Å². The van der Waals surface area contributed by atoms with Gasteiger partial charge in [-0.3, -0.25) is 9.59 Å². The van der Waals surface area contributed by atoms with E-state index in [0.29, 0.717) is 42.9 Å². The number of hydrogen-bond acceptors (Lipinski definition) is 5. The van der Waals surface area contributed by atoms with Crippen molar-refractivity contribution >= 4 is 11.7 Å². The van der Waals surface area contributed by atoms with E-state index in [2.05, 4.69) is 24.3 Å². The van der Waals surface area contributed by atoms with Gasteiger partial charge in [0.1, 0.15) is 5.78 Å². The van der Waals surface area contributed by atoms with Crippen molar-refractivity contribution in [2.45, 2.75) is 83.7 Å². The highest BCUT2D eigenvalue weighted by atomic mass is 16.3. The summed E-state index contributed by atoms with van der Waals surface area (Å²) in [6.07, 6.45) is 7.78. The molecule has 0 saturated heterocycles. The fraction of sp³-hybridized carbons (Fsp3) is 0.909. The summed E-state index contributed by atoms with van der Waals surface area (Å²) in [4.78, 5) is 36.5. The molecule has 6 heteroatoms. The second-order valence-electron chi connectivity index (χ2n) is 10.4. The van der Waals surface area contributed by atoms with E-state index in [-0.39, 0.29) is 34.7 Å². The first-order chi connectivity index (χ1) is 13.3. The molecule has 4 saturated carbocycles. The molecule has 1 amide bonds. The quantitative estimate of drug-likeness (QED) is 0.721. The molecule has 0 spiro atoms. The largest absolute Gasteiger partial charge is 0.353 e. The number of carbonyl (C=O) groups is 2. The lowest BCUT2D eigenvalue weighted by atomic mass is 9.44. The average molecular weight is 390 g/mol. The Labute approximate surface area is 167 Å². The second-order valence-corrected chi connectivity index (χ2v) is 10.4. The predicted octanol–water partition coefficient (Wildman–Crippen LogP) is 3.18. The van der Waals surface area contributed by atoms with E-state index < -0.39 is 0 Å². The van der Waals surface area contributed by atoms with Crippen LogP contribution >= 0.6 is 0 Å². The molecule has 0 aromatic heterocycles. The van der Waals surface area contributed by atoms with Crippen LogP contribution in [-0.2, 0) is 9.59 Å². The molecule has 28 heavy (non-hydrogen) atoms. The Morgan fingerprint density at radius 2 is 1.93 bits per heavy atom. The Bertz CT molecular complexity index is 667. The van der Waals surface area contributed by atoms with Gasteiger partial charge in [0.15, 0.2) is 0 Å². The maximum Gasteiger partial charge on any atom is 0.221 e. The summed E-state index contributed by atoms with van der Waals surface area (Å²) in [5.41, 5.74) is 5.41. The van der Waals surface area contributed by atoms with Crippen LogP contribution in [0.2, 0.25) is 0 Å².